The normalized spacial score (nSPS) is 14.7. The molecule has 0 saturated carbocycles. The van der Waals surface area contributed by atoms with Crippen molar-refractivity contribution in [3.05, 3.63) is 41.6 Å². The zero-order chi connectivity index (χ0) is 19.7. The summed E-state index contributed by atoms with van der Waals surface area (Å²) < 4.78 is 11.6. The van der Waals surface area contributed by atoms with E-state index in [2.05, 4.69) is 9.97 Å². The molecule has 1 aromatic carbocycles. The maximum absolute atomic E-state index is 12.8. The van der Waals surface area contributed by atoms with Gasteiger partial charge in [0.1, 0.15) is 5.82 Å². The van der Waals surface area contributed by atoms with Gasteiger partial charge in [-0.3, -0.25) is 14.0 Å². The van der Waals surface area contributed by atoms with E-state index in [0.29, 0.717) is 17.1 Å². The second-order valence-electron chi connectivity index (χ2n) is 6.12. The van der Waals surface area contributed by atoms with Crippen molar-refractivity contribution in [1.82, 2.24) is 14.9 Å². The fourth-order valence-corrected chi connectivity index (χ4v) is 3.32. The molecule has 0 saturated heterocycles. The lowest BCUT2D eigenvalue weighted by molar-refractivity contribution is 0.196. The standard InChI is InChI=1S/C17H19N5O4S/c1-20(17(24)25)13-7-5-4-6-11(13)9-22-10-12-8-18-15(27(3)26)19-14(12)21(2)16(22)23/h4-8H,9-10H2,1-3H3,(H,24,25). The van der Waals surface area contributed by atoms with Crippen LogP contribution in [0.5, 0.6) is 0 Å². The Balaban J connectivity index is 1.91. The molecule has 9 nitrogen and oxygen atoms in total. The Morgan fingerprint density at radius 2 is 2.07 bits per heavy atom. The number of carboxylic acid groups (broad SMARTS) is 1. The number of hydrogen-bond acceptors (Lipinski definition) is 5. The van der Waals surface area contributed by atoms with E-state index in [0.717, 1.165) is 10.5 Å². The molecule has 27 heavy (non-hydrogen) atoms. The van der Waals surface area contributed by atoms with Crippen molar-refractivity contribution in [1.29, 1.82) is 0 Å². The minimum Gasteiger partial charge on any atom is -0.465 e. The molecule has 142 valence electrons. The number of benzene rings is 1. The minimum atomic E-state index is -1.34. The summed E-state index contributed by atoms with van der Waals surface area (Å²) in [5.74, 6) is 0.437. The lowest BCUT2D eigenvalue weighted by atomic mass is 10.1. The van der Waals surface area contributed by atoms with E-state index in [1.165, 1.54) is 18.2 Å². The molecule has 2 aromatic rings. The largest absolute Gasteiger partial charge is 0.465 e. The molecule has 1 aromatic heterocycles. The van der Waals surface area contributed by atoms with Crippen LogP contribution in [0, 0.1) is 0 Å². The van der Waals surface area contributed by atoms with E-state index < -0.39 is 16.9 Å². The first-order chi connectivity index (χ1) is 12.8. The summed E-state index contributed by atoms with van der Waals surface area (Å²) in [6.07, 6.45) is 1.97. The van der Waals surface area contributed by atoms with Crippen molar-refractivity contribution in [2.24, 2.45) is 0 Å². The topological polar surface area (TPSA) is 107 Å². The number of amides is 3. The van der Waals surface area contributed by atoms with Crippen molar-refractivity contribution in [2.75, 3.05) is 30.2 Å². The van der Waals surface area contributed by atoms with Gasteiger partial charge in [-0.2, -0.15) is 0 Å². The highest BCUT2D eigenvalue weighted by molar-refractivity contribution is 7.84. The first kappa shape index (κ1) is 18.8. The first-order valence-electron chi connectivity index (χ1n) is 8.06. The highest BCUT2D eigenvalue weighted by Gasteiger charge is 2.30. The summed E-state index contributed by atoms with van der Waals surface area (Å²) in [4.78, 5) is 36.5. The summed E-state index contributed by atoms with van der Waals surface area (Å²) in [5, 5.41) is 9.43. The van der Waals surface area contributed by atoms with Gasteiger partial charge in [0.15, 0.2) is 0 Å². The zero-order valence-corrected chi connectivity index (χ0v) is 15.9. The Morgan fingerprint density at radius 1 is 1.37 bits per heavy atom. The number of anilines is 2. The molecule has 0 bridgehead atoms. The summed E-state index contributed by atoms with van der Waals surface area (Å²) >= 11 is 0. The van der Waals surface area contributed by atoms with Gasteiger partial charge in [-0.05, 0) is 11.6 Å². The SMILES string of the molecule is CN(C(=O)O)c1ccccc1CN1Cc2cnc(S(C)=O)nc2N(C)C1=O. The Kier molecular flexibility index (Phi) is 5.08. The van der Waals surface area contributed by atoms with Crippen LogP contribution in [-0.4, -0.2) is 56.7 Å². The molecular formula is C17H19N5O4S. The third-order valence-corrected chi connectivity index (χ3v) is 5.03. The molecule has 3 amide bonds. The number of para-hydroxylation sites is 1. The fraction of sp³-hybridized carbons (Fsp3) is 0.294. The van der Waals surface area contributed by atoms with E-state index in [-0.39, 0.29) is 24.3 Å². The van der Waals surface area contributed by atoms with Crippen molar-refractivity contribution in [3.63, 3.8) is 0 Å². The minimum absolute atomic E-state index is 0.176. The molecule has 0 aliphatic carbocycles. The summed E-state index contributed by atoms with van der Waals surface area (Å²) in [7, 11) is 1.71. The number of hydrogen-bond donors (Lipinski definition) is 1. The first-order valence-corrected chi connectivity index (χ1v) is 9.62. The van der Waals surface area contributed by atoms with Crippen LogP contribution in [0.25, 0.3) is 0 Å². The molecule has 0 radical (unpaired) electrons. The predicted molar refractivity (Wildman–Crippen MR) is 100 cm³/mol. The summed E-state index contributed by atoms with van der Waals surface area (Å²) in [5.41, 5.74) is 1.95. The lowest BCUT2D eigenvalue weighted by Crippen LogP contribution is -2.45. The van der Waals surface area contributed by atoms with Gasteiger partial charge in [0.25, 0.3) is 0 Å². The average Bonchev–Trinajstić information content (AvgIpc) is 2.65. The number of fused-ring (bicyclic) bond motifs is 1. The number of aromatic nitrogens is 2. The van der Waals surface area contributed by atoms with Gasteiger partial charge in [-0.1, -0.05) is 18.2 Å². The number of rotatable bonds is 4. The Hall–Kier alpha value is -3.01. The Morgan fingerprint density at radius 3 is 2.74 bits per heavy atom. The Labute approximate surface area is 158 Å². The lowest BCUT2D eigenvalue weighted by Gasteiger charge is -2.34. The van der Waals surface area contributed by atoms with Crippen molar-refractivity contribution >= 4 is 34.4 Å². The van der Waals surface area contributed by atoms with Crippen molar-refractivity contribution in [2.45, 2.75) is 18.2 Å². The molecule has 1 atom stereocenters. The summed E-state index contributed by atoms with van der Waals surface area (Å²) in [6.45, 7) is 0.512. The van der Waals surface area contributed by atoms with Crippen molar-refractivity contribution < 1.29 is 18.9 Å². The second kappa shape index (κ2) is 7.31. The smallest absolute Gasteiger partial charge is 0.411 e. The van der Waals surface area contributed by atoms with Crippen LogP contribution in [0.15, 0.2) is 35.6 Å². The van der Waals surface area contributed by atoms with Gasteiger partial charge in [0.2, 0.25) is 5.16 Å². The molecule has 1 aliphatic rings. The number of nitrogens with zero attached hydrogens (tertiary/aromatic N) is 5. The van der Waals surface area contributed by atoms with Crippen molar-refractivity contribution in [3.8, 4) is 0 Å². The van der Waals surface area contributed by atoms with Crippen LogP contribution in [0.1, 0.15) is 11.1 Å². The molecule has 1 unspecified atom stereocenters. The molecule has 2 heterocycles. The van der Waals surface area contributed by atoms with Crippen LogP contribution in [0.2, 0.25) is 0 Å². The highest BCUT2D eigenvalue weighted by Crippen LogP contribution is 2.28. The third kappa shape index (κ3) is 3.61. The van der Waals surface area contributed by atoms with E-state index in [9.17, 15) is 18.9 Å². The third-order valence-electron chi connectivity index (χ3n) is 4.31. The number of urea groups is 1. The predicted octanol–water partition coefficient (Wildman–Crippen LogP) is 1.90. The molecule has 0 spiro atoms. The number of carbonyl (C=O) groups excluding carboxylic acids is 1. The molecule has 3 rings (SSSR count). The van der Waals surface area contributed by atoms with Gasteiger partial charge in [0.05, 0.1) is 23.0 Å². The summed E-state index contributed by atoms with van der Waals surface area (Å²) in [6, 6.07) is 6.76. The fourth-order valence-electron chi connectivity index (χ4n) is 2.90. The Bertz CT molecular complexity index is 935. The molecule has 0 fully saturated rings. The van der Waals surface area contributed by atoms with Crippen LogP contribution in [0.4, 0.5) is 21.1 Å². The molecule has 1 aliphatic heterocycles. The van der Waals surface area contributed by atoms with E-state index >= 15 is 0 Å². The van der Waals surface area contributed by atoms with Gasteiger partial charge >= 0.3 is 12.1 Å². The maximum Gasteiger partial charge on any atom is 0.411 e. The van der Waals surface area contributed by atoms with E-state index in [4.69, 9.17) is 0 Å². The van der Waals surface area contributed by atoms with Crippen LogP contribution in [-0.2, 0) is 23.9 Å². The van der Waals surface area contributed by atoms with Gasteiger partial charge in [0, 0.05) is 38.7 Å². The maximum atomic E-state index is 12.8. The van der Waals surface area contributed by atoms with Gasteiger partial charge in [-0.15, -0.1) is 0 Å². The quantitative estimate of drug-likeness (QED) is 0.801. The molecular weight excluding hydrogens is 370 g/mol. The van der Waals surface area contributed by atoms with Crippen LogP contribution >= 0.6 is 0 Å². The monoisotopic (exact) mass is 389 g/mol. The number of carbonyl (C=O) groups is 2. The molecule has 10 heteroatoms. The van der Waals surface area contributed by atoms with Gasteiger partial charge in [-0.25, -0.2) is 19.6 Å². The van der Waals surface area contributed by atoms with Gasteiger partial charge < -0.3 is 10.0 Å². The second-order valence-corrected chi connectivity index (χ2v) is 7.40. The average molecular weight is 389 g/mol. The van der Waals surface area contributed by atoms with Crippen LogP contribution < -0.4 is 9.80 Å². The zero-order valence-electron chi connectivity index (χ0n) is 15.1. The van der Waals surface area contributed by atoms with E-state index in [1.54, 1.807) is 42.4 Å². The highest BCUT2D eigenvalue weighted by atomic mass is 32.2. The van der Waals surface area contributed by atoms with E-state index in [1.807, 2.05) is 0 Å². The van der Waals surface area contributed by atoms with Crippen LogP contribution in [0.3, 0.4) is 0 Å². The molecule has 1 N–H and O–H groups in total.